The van der Waals surface area contributed by atoms with Gasteiger partial charge in [0, 0.05) is 16.6 Å². The molecule has 0 bridgehead atoms. The lowest BCUT2D eigenvalue weighted by Gasteiger charge is -2.22. The summed E-state index contributed by atoms with van der Waals surface area (Å²) in [4.78, 5) is 12.4. The molecule has 0 saturated heterocycles. The molecule has 0 aromatic heterocycles. The quantitative estimate of drug-likeness (QED) is 0.659. The summed E-state index contributed by atoms with van der Waals surface area (Å²) < 4.78 is 13.1. The second-order valence-electron chi connectivity index (χ2n) is 4.87. The Morgan fingerprint density at radius 3 is 2.84 bits per heavy atom. The van der Waals surface area contributed by atoms with E-state index in [0.29, 0.717) is 16.6 Å². The lowest BCUT2D eigenvalue weighted by molar-refractivity contribution is -0.119. The third-order valence-corrected chi connectivity index (χ3v) is 4.38. The number of nitrogens with one attached hydrogen (secondary N) is 1. The molecule has 0 unspecified atom stereocenters. The Balaban J connectivity index is 1.81. The molecule has 1 aliphatic rings. The van der Waals surface area contributed by atoms with Gasteiger partial charge in [-0.15, -0.1) is 11.8 Å². The molecule has 0 heterocycles. The topological polar surface area (TPSA) is 55.1 Å². The Hall–Kier alpha value is -1.23. The number of anilines is 1. The average Bonchev–Trinajstić information content (AvgIpc) is 2.41. The summed E-state index contributed by atoms with van der Waals surface area (Å²) >= 11 is 1.28. The van der Waals surface area contributed by atoms with Gasteiger partial charge < -0.3 is 11.1 Å². The number of hydrogen-bond donors (Lipinski definition) is 2. The maximum absolute atomic E-state index is 13.1. The van der Waals surface area contributed by atoms with Gasteiger partial charge in [-0.05, 0) is 31.0 Å². The minimum absolute atomic E-state index is 0.000520. The van der Waals surface area contributed by atoms with Crippen LogP contribution in [0, 0.1) is 5.82 Å². The Kier molecular flexibility index (Phi) is 5.07. The number of halogens is 1. The van der Waals surface area contributed by atoms with Crippen LogP contribution < -0.4 is 11.1 Å². The highest BCUT2D eigenvalue weighted by Crippen LogP contribution is 2.25. The van der Waals surface area contributed by atoms with Crippen molar-refractivity contribution in [2.75, 3.05) is 11.5 Å². The molecule has 3 nitrogen and oxygen atoms in total. The molecule has 1 aromatic rings. The summed E-state index contributed by atoms with van der Waals surface area (Å²) in [5, 5.41) is 3.03. The molecular formula is C14H19FN2OS. The highest BCUT2D eigenvalue weighted by Gasteiger charge is 2.15. The number of nitrogens with two attached hydrogens (primary N) is 1. The van der Waals surface area contributed by atoms with Crippen molar-refractivity contribution < 1.29 is 9.18 Å². The normalized spacial score (nSPS) is 16.3. The van der Waals surface area contributed by atoms with Crippen molar-refractivity contribution in [1.29, 1.82) is 0 Å². The number of thioether (sulfide) groups is 1. The van der Waals surface area contributed by atoms with E-state index in [-0.39, 0.29) is 17.5 Å². The number of carbonyl (C=O) groups excluding carboxylic acids is 1. The van der Waals surface area contributed by atoms with Gasteiger partial charge in [-0.25, -0.2) is 4.39 Å². The summed E-state index contributed by atoms with van der Waals surface area (Å²) in [6.45, 7) is 0. The average molecular weight is 282 g/mol. The Morgan fingerprint density at radius 1 is 1.37 bits per heavy atom. The first-order valence-electron chi connectivity index (χ1n) is 6.62. The summed E-state index contributed by atoms with van der Waals surface area (Å²) in [6, 6.07) is 4.53. The monoisotopic (exact) mass is 282 g/mol. The smallest absolute Gasteiger partial charge is 0.230 e. The highest BCUT2D eigenvalue weighted by molar-refractivity contribution is 8.00. The van der Waals surface area contributed by atoms with Gasteiger partial charge in [0.1, 0.15) is 5.82 Å². The Labute approximate surface area is 117 Å². The molecule has 2 rings (SSSR count). The van der Waals surface area contributed by atoms with Crippen molar-refractivity contribution >= 4 is 23.4 Å². The first-order chi connectivity index (χ1) is 9.15. The molecule has 0 radical (unpaired) electrons. The van der Waals surface area contributed by atoms with Crippen LogP contribution in [-0.2, 0) is 4.79 Å². The first-order valence-corrected chi connectivity index (χ1v) is 7.61. The van der Waals surface area contributed by atoms with Crippen LogP contribution >= 0.6 is 11.8 Å². The van der Waals surface area contributed by atoms with Crippen LogP contribution in [0.25, 0.3) is 0 Å². The number of carbonyl (C=O) groups is 1. The van der Waals surface area contributed by atoms with E-state index < -0.39 is 0 Å². The lowest BCUT2D eigenvalue weighted by Crippen LogP contribution is -2.37. The van der Waals surface area contributed by atoms with E-state index in [9.17, 15) is 9.18 Å². The largest absolute Gasteiger partial charge is 0.398 e. The maximum atomic E-state index is 13.1. The van der Waals surface area contributed by atoms with E-state index in [1.165, 1.54) is 49.2 Å². The molecule has 1 amide bonds. The molecule has 1 saturated carbocycles. The van der Waals surface area contributed by atoms with Crippen molar-refractivity contribution in [2.24, 2.45) is 0 Å². The molecule has 5 heteroatoms. The number of nitrogen functional groups attached to an aromatic ring is 1. The fraction of sp³-hybridized carbons (Fsp3) is 0.500. The van der Waals surface area contributed by atoms with Crippen LogP contribution in [-0.4, -0.2) is 17.7 Å². The molecule has 19 heavy (non-hydrogen) atoms. The molecule has 0 aliphatic heterocycles. The molecule has 0 spiro atoms. The Bertz CT molecular complexity index is 447. The maximum Gasteiger partial charge on any atom is 0.230 e. The molecule has 1 fully saturated rings. The van der Waals surface area contributed by atoms with Gasteiger partial charge in [-0.2, -0.15) is 0 Å². The zero-order valence-electron chi connectivity index (χ0n) is 10.8. The minimum Gasteiger partial charge on any atom is -0.398 e. The van der Waals surface area contributed by atoms with Gasteiger partial charge in [-0.3, -0.25) is 4.79 Å². The second kappa shape index (κ2) is 6.80. The summed E-state index contributed by atoms with van der Waals surface area (Å²) in [7, 11) is 0. The van der Waals surface area contributed by atoms with E-state index in [1.54, 1.807) is 0 Å². The Morgan fingerprint density at radius 2 is 2.11 bits per heavy atom. The molecule has 0 atom stereocenters. The van der Waals surface area contributed by atoms with E-state index >= 15 is 0 Å². The molecule has 1 aromatic carbocycles. The summed E-state index contributed by atoms with van der Waals surface area (Å²) in [5.41, 5.74) is 6.25. The van der Waals surface area contributed by atoms with Gasteiger partial charge in [0.05, 0.1) is 5.75 Å². The number of amides is 1. The SMILES string of the molecule is Nc1ccc(F)cc1SCC(=O)NC1CCCCC1. The first kappa shape index (κ1) is 14.2. The zero-order chi connectivity index (χ0) is 13.7. The summed E-state index contributed by atoms with van der Waals surface area (Å²) in [5.74, 6) is -0.0469. The van der Waals surface area contributed by atoms with E-state index in [0.717, 1.165) is 12.8 Å². The van der Waals surface area contributed by atoms with Gasteiger partial charge in [0.15, 0.2) is 0 Å². The van der Waals surface area contributed by atoms with Crippen LogP contribution in [0.15, 0.2) is 23.1 Å². The van der Waals surface area contributed by atoms with Crippen molar-refractivity contribution in [3.8, 4) is 0 Å². The van der Waals surface area contributed by atoms with Gasteiger partial charge in [0.2, 0.25) is 5.91 Å². The number of hydrogen-bond acceptors (Lipinski definition) is 3. The van der Waals surface area contributed by atoms with Crippen LogP contribution in [0.2, 0.25) is 0 Å². The van der Waals surface area contributed by atoms with E-state index in [1.807, 2.05) is 0 Å². The molecule has 3 N–H and O–H groups in total. The molecule has 104 valence electrons. The minimum atomic E-state index is -0.329. The van der Waals surface area contributed by atoms with Crippen molar-refractivity contribution in [3.05, 3.63) is 24.0 Å². The standard InChI is InChI=1S/C14H19FN2OS/c15-10-6-7-12(16)13(8-10)19-9-14(18)17-11-4-2-1-3-5-11/h6-8,11H,1-5,9,16H2,(H,17,18). The lowest BCUT2D eigenvalue weighted by atomic mass is 9.95. The van der Waals surface area contributed by atoms with Crippen molar-refractivity contribution in [1.82, 2.24) is 5.32 Å². The molecular weight excluding hydrogens is 263 g/mol. The fourth-order valence-corrected chi connectivity index (χ4v) is 3.09. The van der Waals surface area contributed by atoms with Gasteiger partial charge >= 0.3 is 0 Å². The predicted octanol–water partition coefficient (Wildman–Crippen LogP) is 2.95. The van der Waals surface area contributed by atoms with Crippen LogP contribution in [0.3, 0.4) is 0 Å². The number of rotatable bonds is 4. The molecule has 1 aliphatic carbocycles. The van der Waals surface area contributed by atoms with Gasteiger partial charge in [-0.1, -0.05) is 19.3 Å². The van der Waals surface area contributed by atoms with E-state index in [2.05, 4.69) is 5.32 Å². The fourth-order valence-electron chi connectivity index (χ4n) is 2.29. The van der Waals surface area contributed by atoms with E-state index in [4.69, 9.17) is 5.73 Å². The zero-order valence-corrected chi connectivity index (χ0v) is 11.6. The second-order valence-corrected chi connectivity index (χ2v) is 5.89. The van der Waals surface area contributed by atoms with Crippen molar-refractivity contribution in [3.63, 3.8) is 0 Å². The summed E-state index contributed by atoms with van der Waals surface area (Å²) in [6.07, 6.45) is 5.78. The predicted molar refractivity (Wildman–Crippen MR) is 76.6 cm³/mol. The third kappa shape index (κ3) is 4.42. The number of benzene rings is 1. The van der Waals surface area contributed by atoms with Gasteiger partial charge in [0.25, 0.3) is 0 Å². The highest BCUT2D eigenvalue weighted by atomic mass is 32.2. The third-order valence-electron chi connectivity index (χ3n) is 3.30. The van der Waals surface area contributed by atoms with Crippen LogP contribution in [0.4, 0.5) is 10.1 Å². The van der Waals surface area contributed by atoms with Crippen LogP contribution in [0.5, 0.6) is 0 Å². The van der Waals surface area contributed by atoms with Crippen molar-refractivity contribution in [2.45, 2.75) is 43.0 Å². The van der Waals surface area contributed by atoms with Crippen LogP contribution in [0.1, 0.15) is 32.1 Å².